The van der Waals surface area contributed by atoms with Gasteiger partial charge in [-0.1, -0.05) is 18.2 Å². The van der Waals surface area contributed by atoms with Crippen LogP contribution in [-0.4, -0.2) is 50.8 Å². The summed E-state index contributed by atoms with van der Waals surface area (Å²) in [6, 6.07) is 6.53. The minimum atomic E-state index is -3.59. The Kier molecular flexibility index (Phi) is 11.6. The van der Waals surface area contributed by atoms with Crippen molar-refractivity contribution < 1.29 is 37.1 Å². The second-order valence-electron chi connectivity index (χ2n) is 6.35. The Labute approximate surface area is 176 Å². The highest BCUT2D eigenvalue weighted by Gasteiger charge is 2.35. The first-order valence-corrected chi connectivity index (χ1v) is 11.7. The van der Waals surface area contributed by atoms with E-state index in [2.05, 4.69) is 5.32 Å². The van der Waals surface area contributed by atoms with Crippen molar-refractivity contribution in [2.75, 3.05) is 37.9 Å². The fourth-order valence-electron chi connectivity index (χ4n) is 2.68. The van der Waals surface area contributed by atoms with Gasteiger partial charge in [0.1, 0.15) is 6.17 Å². The van der Waals surface area contributed by atoms with Crippen LogP contribution in [0.5, 0.6) is 0 Å². The Balaban J connectivity index is 3.14. The van der Waals surface area contributed by atoms with Gasteiger partial charge >= 0.3 is 19.7 Å². The van der Waals surface area contributed by atoms with Crippen LogP contribution < -0.4 is 5.32 Å². The minimum Gasteiger partial charge on any atom is -0.466 e. The lowest BCUT2D eigenvalue weighted by molar-refractivity contribution is -0.144. The third-order valence-corrected chi connectivity index (χ3v) is 6.07. The second kappa shape index (κ2) is 13.4. The molecule has 0 spiro atoms. The first-order valence-electron chi connectivity index (χ1n) is 9.97. The van der Waals surface area contributed by atoms with Gasteiger partial charge in [0.2, 0.25) is 0 Å². The zero-order valence-electron chi connectivity index (χ0n) is 17.9. The smallest absolute Gasteiger partial charge is 0.411 e. The van der Waals surface area contributed by atoms with Crippen LogP contribution in [0.25, 0.3) is 0 Å². The molecular weight excluding hydrogens is 416 g/mol. The van der Waals surface area contributed by atoms with Gasteiger partial charge < -0.3 is 18.5 Å². The summed E-state index contributed by atoms with van der Waals surface area (Å²) in [6.45, 7) is 6.71. The molecule has 1 aromatic carbocycles. The number of amides is 1. The maximum Gasteiger partial charge on any atom is 0.411 e. The van der Waals surface area contributed by atoms with Crippen molar-refractivity contribution >= 4 is 25.3 Å². The van der Waals surface area contributed by atoms with E-state index in [0.717, 1.165) is 0 Å². The highest BCUT2D eigenvalue weighted by molar-refractivity contribution is 7.53. The molecule has 30 heavy (non-hydrogen) atoms. The van der Waals surface area contributed by atoms with E-state index < -0.39 is 31.7 Å². The summed E-state index contributed by atoms with van der Waals surface area (Å²) < 4.78 is 46.7. The summed E-state index contributed by atoms with van der Waals surface area (Å²) in [5.41, 5.74) is 0.666. The SMILES string of the molecule is CCOC(=O)C(CP(=O)(OCC)OCC)c1ccccc1NC(=O)OCCC(C)F. The van der Waals surface area contributed by atoms with Crippen LogP contribution in [0.4, 0.5) is 14.9 Å². The fraction of sp³-hybridized carbons (Fsp3) is 0.600. The quantitative estimate of drug-likeness (QED) is 0.339. The molecule has 0 aliphatic heterocycles. The standard InChI is InChI=1S/C20H31FNO7P/c1-5-26-19(23)17(14-30(25,28-6-2)29-7-3)16-10-8-9-11-18(16)22-20(24)27-13-12-15(4)21/h8-11,15,17H,5-7,12-14H2,1-4H3,(H,22,24). The molecule has 170 valence electrons. The third-order valence-electron chi connectivity index (χ3n) is 3.95. The van der Waals surface area contributed by atoms with Gasteiger partial charge in [-0.05, 0) is 39.3 Å². The lowest BCUT2D eigenvalue weighted by Gasteiger charge is -2.24. The molecule has 1 rings (SSSR count). The molecule has 0 aliphatic carbocycles. The van der Waals surface area contributed by atoms with Gasteiger partial charge in [-0.3, -0.25) is 14.7 Å². The van der Waals surface area contributed by atoms with E-state index in [9.17, 15) is 18.5 Å². The Morgan fingerprint density at radius 3 is 2.27 bits per heavy atom. The van der Waals surface area contributed by atoms with Crippen LogP contribution in [-0.2, 0) is 27.9 Å². The van der Waals surface area contributed by atoms with Crippen molar-refractivity contribution in [3.05, 3.63) is 29.8 Å². The molecule has 0 saturated heterocycles. The highest BCUT2D eigenvalue weighted by Crippen LogP contribution is 2.52. The van der Waals surface area contributed by atoms with Gasteiger partial charge in [0.25, 0.3) is 0 Å². The molecule has 0 heterocycles. The summed E-state index contributed by atoms with van der Waals surface area (Å²) in [6.07, 6.45) is -2.06. The van der Waals surface area contributed by atoms with Gasteiger partial charge in [0, 0.05) is 12.1 Å². The van der Waals surface area contributed by atoms with Crippen molar-refractivity contribution in [3.8, 4) is 0 Å². The molecule has 1 aromatic rings. The minimum absolute atomic E-state index is 0.0758. The summed E-state index contributed by atoms with van der Waals surface area (Å²) >= 11 is 0. The number of hydrogen-bond acceptors (Lipinski definition) is 7. The molecule has 1 amide bonds. The van der Waals surface area contributed by atoms with Crippen molar-refractivity contribution in [1.82, 2.24) is 0 Å². The number of alkyl halides is 1. The molecule has 0 bridgehead atoms. The summed E-state index contributed by atoms with van der Waals surface area (Å²) in [4.78, 5) is 24.8. The van der Waals surface area contributed by atoms with Gasteiger partial charge in [-0.2, -0.15) is 0 Å². The number of para-hydroxylation sites is 1. The molecule has 1 N–H and O–H groups in total. The summed E-state index contributed by atoms with van der Waals surface area (Å²) in [5, 5.41) is 2.55. The van der Waals surface area contributed by atoms with Gasteiger partial charge in [0.05, 0.1) is 38.5 Å². The van der Waals surface area contributed by atoms with Crippen molar-refractivity contribution in [2.45, 2.75) is 46.2 Å². The zero-order valence-corrected chi connectivity index (χ0v) is 18.8. The highest BCUT2D eigenvalue weighted by atomic mass is 31.2. The maximum absolute atomic E-state index is 13.0. The number of ether oxygens (including phenoxy) is 2. The van der Waals surface area contributed by atoms with E-state index in [1.165, 1.54) is 6.92 Å². The molecule has 0 saturated carbocycles. The largest absolute Gasteiger partial charge is 0.466 e. The first kappa shape index (κ1) is 26.1. The first-order chi connectivity index (χ1) is 14.3. The number of anilines is 1. The second-order valence-corrected chi connectivity index (χ2v) is 8.45. The number of carbonyl (C=O) groups is 2. The average Bonchev–Trinajstić information content (AvgIpc) is 2.67. The van der Waals surface area contributed by atoms with Crippen molar-refractivity contribution in [1.29, 1.82) is 0 Å². The van der Waals surface area contributed by atoms with E-state index in [1.807, 2.05) is 0 Å². The molecule has 2 unspecified atom stereocenters. The molecule has 10 heteroatoms. The Morgan fingerprint density at radius 2 is 1.70 bits per heavy atom. The van der Waals surface area contributed by atoms with Crippen molar-refractivity contribution in [2.24, 2.45) is 0 Å². The number of halogens is 1. The third kappa shape index (κ3) is 8.81. The number of carbonyl (C=O) groups excluding carboxylic acids is 2. The molecule has 0 radical (unpaired) electrons. The molecule has 2 atom stereocenters. The average molecular weight is 447 g/mol. The predicted octanol–water partition coefficient (Wildman–Crippen LogP) is 4.90. The van der Waals surface area contributed by atoms with Crippen LogP contribution in [0.1, 0.15) is 45.6 Å². The Hall–Kier alpha value is -1.96. The zero-order chi connectivity index (χ0) is 22.6. The monoisotopic (exact) mass is 447 g/mol. The van der Waals surface area contributed by atoms with Gasteiger partial charge in [-0.15, -0.1) is 0 Å². The molecule has 0 aliphatic rings. The van der Waals surface area contributed by atoms with Crippen molar-refractivity contribution in [3.63, 3.8) is 0 Å². The lowest BCUT2D eigenvalue weighted by atomic mass is 9.99. The molecule has 0 aromatic heterocycles. The van der Waals surface area contributed by atoms with E-state index in [4.69, 9.17) is 18.5 Å². The van der Waals surface area contributed by atoms with E-state index in [0.29, 0.717) is 5.56 Å². The molecular formula is C20H31FNO7P. The maximum atomic E-state index is 13.0. The van der Waals surface area contributed by atoms with Crippen LogP contribution in [0, 0.1) is 0 Å². The normalized spacial score (nSPS) is 13.4. The number of rotatable bonds is 13. The molecule has 8 nitrogen and oxygen atoms in total. The van der Waals surface area contributed by atoms with Crippen LogP contribution in [0.3, 0.4) is 0 Å². The fourth-order valence-corrected chi connectivity index (χ4v) is 4.54. The number of nitrogens with one attached hydrogen (secondary N) is 1. The molecule has 0 fully saturated rings. The number of esters is 1. The van der Waals surface area contributed by atoms with E-state index >= 15 is 0 Å². The van der Waals surface area contributed by atoms with Crippen LogP contribution >= 0.6 is 7.60 Å². The van der Waals surface area contributed by atoms with Gasteiger partial charge in [-0.25, -0.2) is 9.18 Å². The Bertz CT molecular complexity index is 719. The Morgan fingerprint density at radius 1 is 1.07 bits per heavy atom. The topological polar surface area (TPSA) is 100 Å². The van der Waals surface area contributed by atoms with E-state index in [-0.39, 0.29) is 44.7 Å². The number of hydrogen-bond donors (Lipinski definition) is 1. The van der Waals surface area contributed by atoms with E-state index in [1.54, 1.807) is 45.0 Å². The number of benzene rings is 1. The summed E-state index contributed by atoms with van der Waals surface area (Å²) in [5.74, 6) is -1.62. The lowest BCUT2D eigenvalue weighted by Crippen LogP contribution is -2.23. The van der Waals surface area contributed by atoms with Crippen LogP contribution in [0.2, 0.25) is 0 Å². The van der Waals surface area contributed by atoms with Crippen LogP contribution in [0.15, 0.2) is 24.3 Å². The van der Waals surface area contributed by atoms with Gasteiger partial charge in [0.15, 0.2) is 0 Å². The summed E-state index contributed by atoms with van der Waals surface area (Å²) in [7, 11) is -3.59. The predicted molar refractivity (Wildman–Crippen MR) is 112 cm³/mol.